The summed E-state index contributed by atoms with van der Waals surface area (Å²) in [4.78, 5) is 10.6. The summed E-state index contributed by atoms with van der Waals surface area (Å²) in [6.45, 7) is 7.47. The maximum Gasteiger partial charge on any atom is 0.132 e. The van der Waals surface area contributed by atoms with Crippen molar-refractivity contribution < 1.29 is 19.0 Å². The van der Waals surface area contributed by atoms with Crippen molar-refractivity contribution in [3.8, 4) is 0 Å². The third kappa shape index (κ3) is 15.6. The molecule has 0 unspecified atom stereocenters. The van der Waals surface area contributed by atoms with Crippen molar-refractivity contribution in [3.63, 3.8) is 0 Å². The van der Waals surface area contributed by atoms with Gasteiger partial charge in [0.25, 0.3) is 0 Å². The number of carbonyl (C=O) groups excluding carboxylic acids is 1. The van der Waals surface area contributed by atoms with Crippen molar-refractivity contribution in [2.24, 2.45) is 0 Å². The van der Waals surface area contributed by atoms with Gasteiger partial charge in [-0.3, -0.25) is 4.79 Å². The zero-order valence-electron chi connectivity index (χ0n) is 11.9. The zero-order valence-corrected chi connectivity index (χ0v) is 11.9. The van der Waals surface area contributed by atoms with Crippen molar-refractivity contribution in [2.75, 3.05) is 39.6 Å². The Hall–Kier alpha value is -0.450. The molecule has 18 heavy (non-hydrogen) atoms. The van der Waals surface area contributed by atoms with Crippen molar-refractivity contribution >= 4 is 5.78 Å². The van der Waals surface area contributed by atoms with E-state index in [0.29, 0.717) is 39.5 Å². The molecule has 0 saturated carbocycles. The number of Topliss-reactive ketones (excluding diaryl/α,β-unsaturated/α-hetero) is 1. The van der Waals surface area contributed by atoms with Gasteiger partial charge < -0.3 is 14.2 Å². The molecule has 4 heteroatoms. The number of hydrogen-bond acceptors (Lipinski definition) is 4. The van der Waals surface area contributed by atoms with Gasteiger partial charge in [0.05, 0.1) is 33.0 Å². The molecule has 0 aliphatic rings. The van der Waals surface area contributed by atoms with Crippen LogP contribution in [-0.2, 0) is 19.0 Å². The second-order valence-electron chi connectivity index (χ2n) is 4.35. The Morgan fingerprint density at radius 3 is 1.89 bits per heavy atom. The van der Waals surface area contributed by atoms with Crippen LogP contribution < -0.4 is 0 Å². The Morgan fingerprint density at radius 2 is 1.33 bits per heavy atom. The van der Waals surface area contributed by atoms with E-state index in [4.69, 9.17) is 14.2 Å². The lowest BCUT2D eigenvalue weighted by Gasteiger charge is -2.06. The lowest BCUT2D eigenvalue weighted by Crippen LogP contribution is -2.11. The van der Waals surface area contributed by atoms with Gasteiger partial charge in [-0.1, -0.05) is 26.2 Å². The fraction of sp³-hybridized carbons (Fsp3) is 0.929. The molecule has 0 aromatic heterocycles. The lowest BCUT2D eigenvalue weighted by molar-refractivity contribution is -0.118. The lowest BCUT2D eigenvalue weighted by atomic mass is 10.2. The summed E-state index contributed by atoms with van der Waals surface area (Å²) in [5, 5.41) is 0. The molecule has 0 atom stereocenters. The predicted octanol–water partition coefficient (Wildman–Crippen LogP) is 2.60. The van der Waals surface area contributed by atoms with E-state index < -0.39 is 0 Å². The first kappa shape index (κ1) is 17.6. The van der Waals surface area contributed by atoms with Gasteiger partial charge in [-0.25, -0.2) is 0 Å². The van der Waals surface area contributed by atoms with Gasteiger partial charge in [-0.15, -0.1) is 0 Å². The van der Waals surface area contributed by atoms with Crippen molar-refractivity contribution in [1.82, 2.24) is 0 Å². The van der Waals surface area contributed by atoms with Crippen molar-refractivity contribution in [2.45, 2.75) is 46.0 Å². The smallest absolute Gasteiger partial charge is 0.132 e. The Morgan fingerprint density at radius 1 is 0.778 bits per heavy atom. The summed E-state index contributed by atoms with van der Waals surface area (Å²) in [5.74, 6) is 0.160. The van der Waals surface area contributed by atoms with Gasteiger partial charge in [0.1, 0.15) is 5.78 Å². The quantitative estimate of drug-likeness (QED) is 0.450. The molecule has 0 rings (SSSR count). The predicted molar refractivity (Wildman–Crippen MR) is 71.9 cm³/mol. The molecule has 0 bridgehead atoms. The van der Waals surface area contributed by atoms with E-state index in [9.17, 15) is 4.79 Å². The van der Waals surface area contributed by atoms with Crippen molar-refractivity contribution in [1.29, 1.82) is 0 Å². The summed E-state index contributed by atoms with van der Waals surface area (Å²) < 4.78 is 16.0. The van der Waals surface area contributed by atoms with Crippen LogP contribution in [0.5, 0.6) is 0 Å². The van der Waals surface area contributed by atoms with Crippen LogP contribution in [0.25, 0.3) is 0 Å². The Bertz CT molecular complexity index is 183. The van der Waals surface area contributed by atoms with E-state index in [-0.39, 0.29) is 5.78 Å². The first-order valence-corrected chi connectivity index (χ1v) is 7.00. The summed E-state index contributed by atoms with van der Waals surface area (Å²) >= 11 is 0. The van der Waals surface area contributed by atoms with Crippen LogP contribution in [0.15, 0.2) is 0 Å². The Kier molecular flexibility index (Phi) is 14.2. The van der Waals surface area contributed by atoms with Crippen molar-refractivity contribution in [3.05, 3.63) is 0 Å². The minimum atomic E-state index is 0.160. The standard InChI is InChI=1S/C14H28O4/c1-3-4-5-6-8-16-10-12-18-13-11-17-9-7-14(2)15/h3-13H2,1-2H3. The minimum absolute atomic E-state index is 0.160. The number of unbranched alkanes of at least 4 members (excludes halogenated alkanes) is 3. The molecule has 0 aromatic carbocycles. The van der Waals surface area contributed by atoms with E-state index in [1.807, 2.05) is 0 Å². The van der Waals surface area contributed by atoms with Crippen LogP contribution in [0.4, 0.5) is 0 Å². The summed E-state index contributed by atoms with van der Waals surface area (Å²) in [6, 6.07) is 0. The van der Waals surface area contributed by atoms with Gasteiger partial charge in [0, 0.05) is 13.0 Å². The second-order valence-corrected chi connectivity index (χ2v) is 4.35. The van der Waals surface area contributed by atoms with Crippen LogP contribution in [0.2, 0.25) is 0 Å². The molecule has 0 aliphatic heterocycles. The molecule has 0 radical (unpaired) electrons. The third-order valence-corrected chi connectivity index (χ3v) is 2.48. The number of ether oxygens (including phenoxy) is 3. The van der Waals surface area contributed by atoms with Crippen LogP contribution in [0.1, 0.15) is 46.0 Å². The summed E-state index contributed by atoms with van der Waals surface area (Å²) in [7, 11) is 0. The summed E-state index contributed by atoms with van der Waals surface area (Å²) in [5.41, 5.74) is 0. The Balaban J connectivity index is 2.92. The molecular weight excluding hydrogens is 232 g/mol. The highest BCUT2D eigenvalue weighted by molar-refractivity contribution is 5.75. The fourth-order valence-corrected chi connectivity index (χ4v) is 1.39. The molecule has 0 spiro atoms. The fourth-order valence-electron chi connectivity index (χ4n) is 1.39. The average Bonchev–Trinajstić information content (AvgIpc) is 2.34. The van der Waals surface area contributed by atoms with E-state index in [1.165, 1.54) is 19.3 Å². The number of hydrogen-bond donors (Lipinski definition) is 0. The Labute approximate surface area is 111 Å². The molecule has 0 aromatic rings. The van der Waals surface area contributed by atoms with Gasteiger partial charge in [0.15, 0.2) is 0 Å². The van der Waals surface area contributed by atoms with Crippen LogP contribution in [0.3, 0.4) is 0 Å². The molecular formula is C14H28O4. The second kappa shape index (κ2) is 14.6. The first-order chi connectivity index (χ1) is 8.77. The minimum Gasteiger partial charge on any atom is -0.379 e. The van der Waals surface area contributed by atoms with E-state index in [2.05, 4.69) is 6.92 Å². The monoisotopic (exact) mass is 260 g/mol. The molecule has 0 aliphatic carbocycles. The number of ketones is 1. The van der Waals surface area contributed by atoms with E-state index in [0.717, 1.165) is 13.0 Å². The van der Waals surface area contributed by atoms with Gasteiger partial charge in [0.2, 0.25) is 0 Å². The van der Waals surface area contributed by atoms with Crippen LogP contribution in [0, 0.1) is 0 Å². The summed E-state index contributed by atoms with van der Waals surface area (Å²) in [6.07, 6.45) is 5.43. The molecule has 4 nitrogen and oxygen atoms in total. The molecule has 0 fully saturated rings. The van der Waals surface area contributed by atoms with Gasteiger partial charge in [-0.2, -0.15) is 0 Å². The normalized spacial score (nSPS) is 10.8. The molecule has 0 saturated heterocycles. The molecule has 0 N–H and O–H groups in total. The topological polar surface area (TPSA) is 44.8 Å². The average molecular weight is 260 g/mol. The first-order valence-electron chi connectivity index (χ1n) is 7.00. The largest absolute Gasteiger partial charge is 0.379 e. The third-order valence-electron chi connectivity index (χ3n) is 2.48. The maximum absolute atomic E-state index is 10.6. The number of rotatable bonds is 14. The van der Waals surface area contributed by atoms with Gasteiger partial charge in [-0.05, 0) is 13.3 Å². The maximum atomic E-state index is 10.6. The highest BCUT2D eigenvalue weighted by atomic mass is 16.5. The molecule has 0 heterocycles. The van der Waals surface area contributed by atoms with Crippen LogP contribution in [-0.4, -0.2) is 45.4 Å². The zero-order chi connectivity index (χ0) is 13.5. The number of carbonyl (C=O) groups is 1. The van der Waals surface area contributed by atoms with Gasteiger partial charge >= 0.3 is 0 Å². The highest BCUT2D eigenvalue weighted by Crippen LogP contribution is 1.98. The molecule has 108 valence electrons. The molecule has 0 amide bonds. The van der Waals surface area contributed by atoms with E-state index >= 15 is 0 Å². The van der Waals surface area contributed by atoms with E-state index in [1.54, 1.807) is 6.92 Å². The van der Waals surface area contributed by atoms with Crippen LogP contribution >= 0.6 is 0 Å². The highest BCUT2D eigenvalue weighted by Gasteiger charge is 1.94. The SMILES string of the molecule is CCCCCCOCCOCCOCCC(C)=O.